The van der Waals surface area contributed by atoms with Gasteiger partial charge in [-0.1, -0.05) is 23.2 Å². The lowest BCUT2D eigenvalue weighted by Gasteiger charge is -2.06. The molecule has 8 heteroatoms. The van der Waals surface area contributed by atoms with Crippen molar-refractivity contribution in [3.63, 3.8) is 0 Å². The van der Waals surface area contributed by atoms with Crippen LogP contribution in [0, 0.1) is 0 Å². The normalized spacial score (nSPS) is 11.3. The van der Waals surface area contributed by atoms with E-state index in [-0.39, 0.29) is 22.9 Å². The molecule has 0 aliphatic rings. The fourth-order valence-corrected chi connectivity index (χ4v) is 3.10. The molecule has 2 aromatic rings. The van der Waals surface area contributed by atoms with Gasteiger partial charge in [-0.15, -0.1) is 0 Å². The molecular formula is C13H12Cl2N2O3S. The van der Waals surface area contributed by atoms with E-state index in [9.17, 15) is 13.2 Å². The molecule has 0 spiro atoms. The number of rotatable bonds is 5. The summed E-state index contributed by atoms with van der Waals surface area (Å²) in [5.74, 6) is -0.609. The van der Waals surface area contributed by atoms with Crippen molar-refractivity contribution in [3.8, 4) is 0 Å². The molecule has 2 rings (SSSR count). The maximum Gasteiger partial charge on any atom is 0.267 e. The summed E-state index contributed by atoms with van der Waals surface area (Å²) in [5, 5.41) is 3.39. The van der Waals surface area contributed by atoms with Gasteiger partial charge in [0, 0.05) is 17.8 Å². The molecular weight excluding hydrogens is 335 g/mol. The number of amides is 1. The number of aromatic nitrogens is 1. The lowest BCUT2D eigenvalue weighted by atomic mass is 10.4. The third kappa shape index (κ3) is 4.23. The van der Waals surface area contributed by atoms with Crippen LogP contribution in [0.3, 0.4) is 0 Å². The summed E-state index contributed by atoms with van der Waals surface area (Å²) in [6, 6.07) is 7.35. The molecule has 1 heterocycles. The second kappa shape index (κ2) is 6.51. The number of hydrogen-bond acceptors (Lipinski definition) is 3. The average Bonchev–Trinajstić information content (AvgIpc) is 2.86. The van der Waals surface area contributed by atoms with E-state index < -0.39 is 15.7 Å². The van der Waals surface area contributed by atoms with Gasteiger partial charge in [0.25, 0.3) is 5.91 Å². The summed E-state index contributed by atoms with van der Waals surface area (Å²) < 4.78 is 24.1. The number of carbonyl (C=O) groups is 1. The maximum absolute atomic E-state index is 12.0. The first-order valence-corrected chi connectivity index (χ1v) is 8.40. The molecule has 2 N–H and O–H groups in total. The number of carbonyl (C=O) groups excluding carboxylic acids is 1. The third-order valence-electron chi connectivity index (χ3n) is 2.72. The zero-order valence-electron chi connectivity index (χ0n) is 10.8. The van der Waals surface area contributed by atoms with Crippen LogP contribution in [0.2, 0.25) is 10.0 Å². The largest absolute Gasteiger partial charge is 0.356 e. The zero-order chi connectivity index (χ0) is 15.5. The third-order valence-corrected chi connectivity index (χ3v) is 4.92. The number of nitrogens with one attached hydrogen (secondary N) is 2. The molecule has 1 aromatic heterocycles. The molecule has 1 aromatic carbocycles. The van der Waals surface area contributed by atoms with Gasteiger partial charge in [0.2, 0.25) is 0 Å². The van der Waals surface area contributed by atoms with E-state index in [1.807, 2.05) is 0 Å². The summed E-state index contributed by atoms with van der Waals surface area (Å²) >= 11 is 11.4. The SMILES string of the molecule is O=C(NCCS(=O)(=O)c1ccc(Cl)cc1)c1cc(Cl)c[nH]1. The van der Waals surface area contributed by atoms with Gasteiger partial charge in [-0.2, -0.15) is 0 Å². The highest BCUT2D eigenvalue weighted by Gasteiger charge is 2.15. The van der Waals surface area contributed by atoms with Gasteiger partial charge < -0.3 is 10.3 Å². The Balaban J connectivity index is 1.93. The molecule has 1 amide bonds. The average molecular weight is 347 g/mol. The Bertz CT molecular complexity index is 739. The highest BCUT2D eigenvalue weighted by atomic mass is 35.5. The fourth-order valence-electron chi connectivity index (χ4n) is 1.65. The van der Waals surface area contributed by atoms with Gasteiger partial charge >= 0.3 is 0 Å². The van der Waals surface area contributed by atoms with Gasteiger partial charge in [0.1, 0.15) is 5.69 Å². The van der Waals surface area contributed by atoms with Gasteiger partial charge in [0.15, 0.2) is 9.84 Å². The Hall–Kier alpha value is -1.50. The Kier molecular flexibility index (Phi) is 4.92. The molecule has 0 radical (unpaired) electrons. The van der Waals surface area contributed by atoms with Gasteiger partial charge in [-0.25, -0.2) is 8.42 Å². The molecule has 112 valence electrons. The number of sulfone groups is 1. The van der Waals surface area contributed by atoms with Crippen LogP contribution in [-0.4, -0.2) is 31.6 Å². The zero-order valence-corrected chi connectivity index (χ0v) is 13.1. The monoisotopic (exact) mass is 346 g/mol. The van der Waals surface area contributed by atoms with Crippen molar-refractivity contribution < 1.29 is 13.2 Å². The summed E-state index contributed by atoms with van der Waals surface area (Å²) in [5.41, 5.74) is 0.281. The van der Waals surface area contributed by atoms with E-state index in [1.54, 1.807) is 0 Å². The minimum absolute atomic E-state index is 0.000429. The Labute approximate surface area is 132 Å². The molecule has 21 heavy (non-hydrogen) atoms. The van der Waals surface area contributed by atoms with Crippen molar-refractivity contribution >= 4 is 38.9 Å². The van der Waals surface area contributed by atoms with Crippen LogP contribution < -0.4 is 5.32 Å². The van der Waals surface area contributed by atoms with Crippen LogP contribution in [0.15, 0.2) is 41.4 Å². The molecule has 0 bridgehead atoms. The quantitative estimate of drug-likeness (QED) is 0.872. The highest BCUT2D eigenvalue weighted by Crippen LogP contribution is 2.15. The van der Waals surface area contributed by atoms with Crippen LogP contribution in [0.25, 0.3) is 0 Å². The minimum atomic E-state index is -3.46. The summed E-state index contributed by atoms with van der Waals surface area (Å²) in [4.78, 5) is 14.6. The van der Waals surface area contributed by atoms with Gasteiger partial charge in [-0.05, 0) is 30.3 Å². The predicted molar refractivity (Wildman–Crippen MR) is 81.6 cm³/mol. The van der Waals surface area contributed by atoms with Gasteiger partial charge in [-0.3, -0.25) is 4.79 Å². The molecule has 0 unspecified atom stereocenters. The lowest BCUT2D eigenvalue weighted by molar-refractivity contribution is 0.0952. The first kappa shape index (κ1) is 15.9. The molecule has 0 fully saturated rings. The van der Waals surface area contributed by atoms with Crippen LogP contribution in [0.1, 0.15) is 10.5 Å². The lowest BCUT2D eigenvalue weighted by Crippen LogP contribution is -2.29. The highest BCUT2D eigenvalue weighted by molar-refractivity contribution is 7.91. The number of hydrogen-bond donors (Lipinski definition) is 2. The van der Waals surface area contributed by atoms with Crippen LogP contribution in [0.4, 0.5) is 0 Å². The standard InChI is InChI=1S/C13H12Cl2N2O3S/c14-9-1-3-11(4-2-9)21(19,20)6-5-16-13(18)12-7-10(15)8-17-12/h1-4,7-8,17H,5-6H2,(H,16,18). The van der Waals surface area contributed by atoms with Crippen molar-refractivity contribution in [1.29, 1.82) is 0 Å². The number of halogens is 2. The summed E-state index contributed by atoms with van der Waals surface area (Å²) in [6.07, 6.45) is 1.47. The van der Waals surface area contributed by atoms with Crippen LogP contribution in [0.5, 0.6) is 0 Å². The maximum atomic E-state index is 12.0. The van der Waals surface area contributed by atoms with Gasteiger partial charge in [0.05, 0.1) is 15.7 Å². The van der Waals surface area contributed by atoms with E-state index in [1.165, 1.54) is 36.5 Å². The van der Waals surface area contributed by atoms with Crippen LogP contribution in [-0.2, 0) is 9.84 Å². The van der Waals surface area contributed by atoms with E-state index in [2.05, 4.69) is 10.3 Å². The second-order valence-corrected chi connectivity index (χ2v) is 7.24. The molecule has 0 atom stereocenters. The van der Waals surface area contributed by atoms with Crippen molar-refractivity contribution in [3.05, 3.63) is 52.3 Å². The molecule has 5 nitrogen and oxygen atoms in total. The van der Waals surface area contributed by atoms with Crippen molar-refractivity contribution in [1.82, 2.24) is 10.3 Å². The molecule has 0 saturated heterocycles. The Morgan fingerprint density at radius 2 is 1.81 bits per heavy atom. The van der Waals surface area contributed by atoms with E-state index >= 15 is 0 Å². The van der Waals surface area contributed by atoms with Crippen LogP contribution >= 0.6 is 23.2 Å². The van der Waals surface area contributed by atoms with E-state index in [0.29, 0.717) is 10.0 Å². The molecule has 0 aliphatic heterocycles. The number of benzene rings is 1. The first-order chi connectivity index (χ1) is 9.88. The molecule has 0 aliphatic carbocycles. The van der Waals surface area contributed by atoms with Crippen molar-refractivity contribution in [2.45, 2.75) is 4.90 Å². The van der Waals surface area contributed by atoms with E-state index in [4.69, 9.17) is 23.2 Å². The minimum Gasteiger partial charge on any atom is -0.356 e. The van der Waals surface area contributed by atoms with Crippen molar-refractivity contribution in [2.75, 3.05) is 12.3 Å². The second-order valence-electron chi connectivity index (χ2n) is 4.26. The first-order valence-electron chi connectivity index (χ1n) is 5.99. The number of aromatic amines is 1. The molecule has 0 saturated carbocycles. The summed E-state index contributed by atoms with van der Waals surface area (Å²) in [6.45, 7) is 0.000429. The topological polar surface area (TPSA) is 79.0 Å². The predicted octanol–water partition coefficient (Wildman–Crippen LogP) is 2.53. The Morgan fingerprint density at radius 1 is 1.14 bits per heavy atom. The summed E-state index contributed by atoms with van der Waals surface area (Å²) in [7, 11) is -3.46. The fraction of sp³-hybridized carbons (Fsp3) is 0.154. The van der Waals surface area contributed by atoms with E-state index in [0.717, 1.165) is 0 Å². The smallest absolute Gasteiger partial charge is 0.267 e. The Morgan fingerprint density at radius 3 is 2.38 bits per heavy atom. The number of H-pyrrole nitrogens is 1. The van der Waals surface area contributed by atoms with Crippen molar-refractivity contribution in [2.24, 2.45) is 0 Å².